The van der Waals surface area contributed by atoms with Gasteiger partial charge in [-0.3, -0.25) is 0 Å². The van der Waals surface area contributed by atoms with Gasteiger partial charge in [0.25, 0.3) is 0 Å². The largest absolute Gasteiger partial charge is 0.456 e. The zero-order valence-electron chi connectivity index (χ0n) is 25.4. The molecule has 3 heteroatoms. The van der Waals surface area contributed by atoms with E-state index in [1.165, 1.54) is 52.8 Å². The van der Waals surface area contributed by atoms with Crippen molar-refractivity contribution in [3.63, 3.8) is 0 Å². The average molecular weight is 618 g/mol. The highest BCUT2D eigenvalue weighted by atomic mass is 32.1. The first kappa shape index (κ1) is 26.3. The van der Waals surface area contributed by atoms with Crippen molar-refractivity contribution in [2.24, 2.45) is 0 Å². The van der Waals surface area contributed by atoms with Crippen LogP contribution in [-0.4, -0.2) is 0 Å². The molecule has 0 bridgehead atoms. The highest BCUT2D eigenvalue weighted by Crippen LogP contribution is 2.43. The Labute approximate surface area is 275 Å². The normalized spacial score (nSPS) is 11.8. The molecule has 0 fully saturated rings. The van der Waals surface area contributed by atoms with Crippen LogP contribution in [0.2, 0.25) is 0 Å². The molecule has 0 unspecified atom stereocenters. The third-order valence-corrected chi connectivity index (χ3v) is 10.6. The minimum Gasteiger partial charge on any atom is -0.456 e. The molecule has 0 saturated heterocycles. The van der Waals surface area contributed by atoms with E-state index >= 15 is 0 Å². The number of para-hydroxylation sites is 1. The van der Waals surface area contributed by atoms with Gasteiger partial charge in [0.15, 0.2) is 0 Å². The molecule has 0 N–H and O–H groups in total. The number of anilines is 3. The molecule has 220 valence electrons. The van der Waals surface area contributed by atoms with Crippen LogP contribution in [0.25, 0.3) is 74.8 Å². The Morgan fingerprint density at radius 1 is 0.404 bits per heavy atom. The molecule has 0 radical (unpaired) electrons. The molecule has 0 aliphatic carbocycles. The van der Waals surface area contributed by atoms with Crippen molar-refractivity contribution >= 4 is 92.1 Å². The first-order valence-corrected chi connectivity index (χ1v) is 16.7. The van der Waals surface area contributed by atoms with Crippen molar-refractivity contribution in [2.45, 2.75) is 0 Å². The fraction of sp³-hybridized carbons (Fsp3) is 0. The summed E-state index contributed by atoms with van der Waals surface area (Å²) in [5.41, 5.74) is 7.57. The second-order valence-electron chi connectivity index (χ2n) is 12.1. The summed E-state index contributed by atoms with van der Waals surface area (Å²) in [6, 6.07) is 59.1. The minimum atomic E-state index is 0.894. The lowest BCUT2D eigenvalue weighted by atomic mass is 9.98. The number of nitrogens with zero attached hydrogens (tertiary/aromatic N) is 1. The molecular weight excluding hydrogens is 591 g/mol. The second kappa shape index (κ2) is 10.3. The number of thiophene rings is 1. The van der Waals surface area contributed by atoms with E-state index in [0.717, 1.165) is 39.0 Å². The van der Waals surface area contributed by atoms with E-state index in [9.17, 15) is 0 Å². The molecule has 47 heavy (non-hydrogen) atoms. The molecule has 0 aliphatic heterocycles. The van der Waals surface area contributed by atoms with Crippen LogP contribution in [0.5, 0.6) is 0 Å². The Morgan fingerprint density at radius 2 is 1.02 bits per heavy atom. The lowest BCUT2D eigenvalue weighted by Crippen LogP contribution is -2.09. The fourth-order valence-electron chi connectivity index (χ4n) is 7.23. The van der Waals surface area contributed by atoms with Gasteiger partial charge in [0.1, 0.15) is 11.2 Å². The van der Waals surface area contributed by atoms with E-state index in [4.69, 9.17) is 4.42 Å². The Hall–Kier alpha value is -5.90. The summed E-state index contributed by atoms with van der Waals surface area (Å²) < 4.78 is 8.85. The third kappa shape index (κ3) is 4.17. The average Bonchev–Trinajstić information content (AvgIpc) is 3.70. The summed E-state index contributed by atoms with van der Waals surface area (Å²) >= 11 is 1.86. The molecule has 10 aromatic rings. The van der Waals surface area contributed by atoms with Gasteiger partial charge in [-0.1, -0.05) is 103 Å². The van der Waals surface area contributed by atoms with Crippen molar-refractivity contribution in [1.82, 2.24) is 0 Å². The van der Waals surface area contributed by atoms with Gasteiger partial charge in [-0.25, -0.2) is 0 Å². The minimum absolute atomic E-state index is 0.894. The first-order chi connectivity index (χ1) is 23.3. The van der Waals surface area contributed by atoms with Gasteiger partial charge < -0.3 is 9.32 Å². The monoisotopic (exact) mass is 617 g/mol. The molecule has 0 aliphatic rings. The first-order valence-electron chi connectivity index (χ1n) is 15.9. The molecule has 10 rings (SSSR count). The summed E-state index contributed by atoms with van der Waals surface area (Å²) in [4.78, 5) is 2.37. The van der Waals surface area contributed by atoms with Gasteiger partial charge in [0, 0.05) is 48.0 Å². The molecule has 2 aromatic heterocycles. The van der Waals surface area contributed by atoms with Gasteiger partial charge in [0.05, 0.1) is 0 Å². The summed E-state index contributed by atoms with van der Waals surface area (Å²) in [5.74, 6) is 0. The van der Waals surface area contributed by atoms with Gasteiger partial charge in [-0.2, -0.15) is 0 Å². The van der Waals surface area contributed by atoms with E-state index in [0.29, 0.717) is 0 Å². The molecule has 2 heterocycles. The molecule has 0 atom stereocenters. The molecule has 2 nitrogen and oxygen atoms in total. The Morgan fingerprint density at radius 3 is 1.89 bits per heavy atom. The van der Waals surface area contributed by atoms with Crippen LogP contribution in [0.4, 0.5) is 17.1 Å². The standard InChI is InChI=1S/C44H27NOS/c1-2-9-34-28(8-1)16-17-30-20-23-32(26-38(30)34)45(33-24-25-41-39(27-33)36-10-3-5-13-40(36)46-41)31-21-18-29(19-22-31)35-12-7-15-43-44(35)37-11-4-6-14-42(37)47-43/h1-27H. The maximum Gasteiger partial charge on any atom is 0.135 e. The van der Waals surface area contributed by atoms with Gasteiger partial charge in [-0.15, -0.1) is 11.3 Å². The molecular formula is C44H27NOS. The van der Waals surface area contributed by atoms with E-state index in [1.807, 2.05) is 23.5 Å². The van der Waals surface area contributed by atoms with Crippen molar-refractivity contribution in [2.75, 3.05) is 4.90 Å². The fourth-order valence-corrected chi connectivity index (χ4v) is 8.37. The van der Waals surface area contributed by atoms with Crippen molar-refractivity contribution in [3.05, 3.63) is 164 Å². The van der Waals surface area contributed by atoms with E-state index in [-0.39, 0.29) is 0 Å². The molecule has 0 spiro atoms. The Balaban J connectivity index is 1.17. The third-order valence-electron chi connectivity index (χ3n) is 9.45. The van der Waals surface area contributed by atoms with Crippen LogP contribution in [0.15, 0.2) is 168 Å². The van der Waals surface area contributed by atoms with Gasteiger partial charge >= 0.3 is 0 Å². The summed E-state index contributed by atoms with van der Waals surface area (Å²) in [6.07, 6.45) is 0. The van der Waals surface area contributed by atoms with E-state index in [2.05, 4.69) is 157 Å². The SMILES string of the molecule is c1ccc2c(c1)ccc1ccc(N(c3ccc(-c4cccc5sc6ccccc6c45)cc3)c3ccc4oc5ccccc5c4c3)cc12. The van der Waals surface area contributed by atoms with Crippen LogP contribution in [0, 0.1) is 0 Å². The van der Waals surface area contributed by atoms with Gasteiger partial charge in [0.2, 0.25) is 0 Å². The van der Waals surface area contributed by atoms with E-state index < -0.39 is 0 Å². The van der Waals surface area contributed by atoms with Crippen molar-refractivity contribution in [3.8, 4) is 11.1 Å². The van der Waals surface area contributed by atoms with Crippen molar-refractivity contribution < 1.29 is 4.42 Å². The smallest absolute Gasteiger partial charge is 0.135 e. The highest BCUT2D eigenvalue weighted by molar-refractivity contribution is 7.25. The number of benzene rings is 8. The topological polar surface area (TPSA) is 16.4 Å². The quantitative estimate of drug-likeness (QED) is 0.183. The van der Waals surface area contributed by atoms with Crippen LogP contribution >= 0.6 is 11.3 Å². The molecule has 0 saturated carbocycles. The zero-order chi connectivity index (χ0) is 30.9. The number of fused-ring (bicyclic) bond motifs is 9. The predicted molar refractivity (Wildman–Crippen MR) is 202 cm³/mol. The van der Waals surface area contributed by atoms with Gasteiger partial charge in [-0.05, 0) is 93.3 Å². The molecule has 8 aromatic carbocycles. The maximum atomic E-state index is 6.21. The number of rotatable bonds is 4. The lowest BCUT2D eigenvalue weighted by Gasteiger charge is -2.26. The summed E-state index contributed by atoms with van der Waals surface area (Å²) in [7, 11) is 0. The number of hydrogen-bond acceptors (Lipinski definition) is 3. The van der Waals surface area contributed by atoms with Crippen LogP contribution in [-0.2, 0) is 0 Å². The number of furan rings is 1. The van der Waals surface area contributed by atoms with Crippen LogP contribution in [0.1, 0.15) is 0 Å². The van der Waals surface area contributed by atoms with Crippen LogP contribution < -0.4 is 4.90 Å². The predicted octanol–water partition coefficient (Wildman–Crippen LogP) is 13.4. The van der Waals surface area contributed by atoms with Crippen molar-refractivity contribution in [1.29, 1.82) is 0 Å². The lowest BCUT2D eigenvalue weighted by molar-refractivity contribution is 0.669. The highest BCUT2D eigenvalue weighted by Gasteiger charge is 2.17. The summed E-state index contributed by atoms with van der Waals surface area (Å²) in [5, 5.41) is 9.86. The Bertz CT molecular complexity index is 2810. The van der Waals surface area contributed by atoms with Crippen LogP contribution in [0.3, 0.4) is 0 Å². The maximum absolute atomic E-state index is 6.21. The Kier molecular flexibility index (Phi) is 5.78. The number of hydrogen-bond donors (Lipinski definition) is 0. The zero-order valence-corrected chi connectivity index (χ0v) is 26.2. The second-order valence-corrected chi connectivity index (χ2v) is 13.2. The molecule has 0 amide bonds. The van der Waals surface area contributed by atoms with E-state index in [1.54, 1.807) is 0 Å². The summed E-state index contributed by atoms with van der Waals surface area (Å²) in [6.45, 7) is 0.